The van der Waals surface area contributed by atoms with Gasteiger partial charge in [0.2, 0.25) is 0 Å². The molecule has 0 radical (unpaired) electrons. The second-order valence-electron chi connectivity index (χ2n) is 3.86. The molecule has 0 saturated carbocycles. The molecule has 1 heterocycles. The SMILES string of the molecule is COc1ccc(Cl)cc1C(=O)N1CCC(=O)C1. The minimum atomic E-state index is -0.213. The summed E-state index contributed by atoms with van der Waals surface area (Å²) in [7, 11) is 1.50. The lowest BCUT2D eigenvalue weighted by atomic mass is 10.1. The van der Waals surface area contributed by atoms with Crippen LogP contribution in [0.3, 0.4) is 0 Å². The summed E-state index contributed by atoms with van der Waals surface area (Å²) in [5.41, 5.74) is 0.398. The van der Waals surface area contributed by atoms with Gasteiger partial charge >= 0.3 is 0 Å². The Balaban J connectivity index is 2.29. The first-order valence-electron chi connectivity index (χ1n) is 5.26. The molecule has 1 aromatic carbocycles. The number of rotatable bonds is 2. The maximum absolute atomic E-state index is 12.2. The van der Waals surface area contributed by atoms with Gasteiger partial charge in [0.1, 0.15) is 5.75 Å². The Hall–Kier alpha value is -1.55. The highest BCUT2D eigenvalue weighted by molar-refractivity contribution is 6.31. The van der Waals surface area contributed by atoms with Crippen LogP contribution in [0.2, 0.25) is 5.02 Å². The van der Waals surface area contributed by atoms with Crippen molar-refractivity contribution >= 4 is 23.3 Å². The third-order valence-corrected chi connectivity index (χ3v) is 2.94. The van der Waals surface area contributed by atoms with Gasteiger partial charge < -0.3 is 9.64 Å². The summed E-state index contributed by atoms with van der Waals surface area (Å²) >= 11 is 5.86. The van der Waals surface area contributed by atoms with Crippen LogP contribution >= 0.6 is 11.6 Å². The molecule has 1 saturated heterocycles. The summed E-state index contributed by atoms with van der Waals surface area (Å²) in [6.07, 6.45) is 0.425. The molecule has 1 amide bonds. The topological polar surface area (TPSA) is 46.6 Å². The van der Waals surface area contributed by atoms with Crippen molar-refractivity contribution in [1.29, 1.82) is 0 Å². The van der Waals surface area contributed by atoms with Gasteiger partial charge in [0.15, 0.2) is 5.78 Å². The Bertz CT molecular complexity index is 473. The third-order valence-electron chi connectivity index (χ3n) is 2.71. The van der Waals surface area contributed by atoms with Gasteiger partial charge in [-0.3, -0.25) is 9.59 Å². The van der Waals surface area contributed by atoms with Gasteiger partial charge in [-0.15, -0.1) is 0 Å². The van der Waals surface area contributed by atoms with E-state index < -0.39 is 0 Å². The van der Waals surface area contributed by atoms with E-state index >= 15 is 0 Å². The lowest BCUT2D eigenvalue weighted by Gasteiger charge is -2.16. The maximum atomic E-state index is 12.2. The van der Waals surface area contributed by atoms with E-state index in [1.807, 2.05) is 0 Å². The number of ether oxygens (including phenoxy) is 1. The quantitative estimate of drug-likeness (QED) is 0.807. The number of methoxy groups -OCH3 is 1. The standard InChI is InChI=1S/C12H12ClNO3/c1-17-11-3-2-8(13)6-10(11)12(16)14-5-4-9(15)7-14/h2-3,6H,4-5,7H2,1H3. The van der Waals surface area contributed by atoms with Crippen LogP contribution in [-0.2, 0) is 4.79 Å². The van der Waals surface area contributed by atoms with Gasteiger partial charge in [-0.05, 0) is 18.2 Å². The van der Waals surface area contributed by atoms with Crippen LogP contribution in [0.4, 0.5) is 0 Å². The molecule has 0 N–H and O–H groups in total. The van der Waals surface area contributed by atoms with E-state index in [1.165, 1.54) is 12.0 Å². The third kappa shape index (κ3) is 2.42. The molecule has 1 aliphatic rings. The lowest BCUT2D eigenvalue weighted by Crippen LogP contribution is -2.29. The largest absolute Gasteiger partial charge is 0.496 e. The number of Topliss-reactive ketones (excluding diaryl/α,β-unsaturated/α-hetero) is 1. The van der Waals surface area contributed by atoms with E-state index in [-0.39, 0.29) is 18.2 Å². The van der Waals surface area contributed by atoms with Crippen molar-refractivity contribution in [3.05, 3.63) is 28.8 Å². The molecule has 1 fully saturated rings. The predicted molar refractivity (Wildman–Crippen MR) is 63.5 cm³/mol. The summed E-state index contributed by atoms with van der Waals surface area (Å²) < 4.78 is 5.12. The molecule has 4 nitrogen and oxygen atoms in total. The molecule has 90 valence electrons. The van der Waals surface area contributed by atoms with Crippen LogP contribution in [0, 0.1) is 0 Å². The molecule has 0 bridgehead atoms. The van der Waals surface area contributed by atoms with Crippen LogP contribution in [0.5, 0.6) is 5.75 Å². The predicted octanol–water partition coefficient (Wildman–Crippen LogP) is 1.76. The van der Waals surface area contributed by atoms with Crippen molar-refractivity contribution in [1.82, 2.24) is 4.90 Å². The fourth-order valence-electron chi connectivity index (χ4n) is 1.82. The smallest absolute Gasteiger partial charge is 0.258 e. The van der Waals surface area contributed by atoms with Crippen molar-refractivity contribution in [2.45, 2.75) is 6.42 Å². The molecule has 0 spiro atoms. The van der Waals surface area contributed by atoms with Crippen molar-refractivity contribution in [2.75, 3.05) is 20.2 Å². The number of hydrogen-bond acceptors (Lipinski definition) is 3. The number of halogens is 1. The maximum Gasteiger partial charge on any atom is 0.258 e. The van der Waals surface area contributed by atoms with Crippen molar-refractivity contribution in [2.24, 2.45) is 0 Å². The highest BCUT2D eigenvalue weighted by Crippen LogP contribution is 2.24. The molecule has 5 heteroatoms. The molecule has 0 aromatic heterocycles. The summed E-state index contributed by atoms with van der Waals surface area (Å²) in [6.45, 7) is 0.641. The first-order chi connectivity index (χ1) is 8.11. The lowest BCUT2D eigenvalue weighted by molar-refractivity contribution is -0.116. The normalized spacial score (nSPS) is 15.2. The van der Waals surface area contributed by atoms with E-state index in [2.05, 4.69) is 0 Å². The van der Waals surface area contributed by atoms with E-state index in [1.54, 1.807) is 18.2 Å². The van der Waals surface area contributed by atoms with Crippen molar-refractivity contribution < 1.29 is 14.3 Å². The molecule has 2 rings (SSSR count). The van der Waals surface area contributed by atoms with Gasteiger partial charge in [0, 0.05) is 18.0 Å². The second-order valence-corrected chi connectivity index (χ2v) is 4.30. The average molecular weight is 254 g/mol. The van der Waals surface area contributed by atoms with Crippen LogP contribution in [0.25, 0.3) is 0 Å². The zero-order chi connectivity index (χ0) is 12.4. The summed E-state index contributed by atoms with van der Waals surface area (Å²) in [6, 6.07) is 4.87. The summed E-state index contributed by atoms with van der Waals surface area (Å²) in [5.74, 6) is 0.341. The summed E-state index contributed by atoms with van der Waals surface area (Å²) in [5, 5.41) is 0.472. The van der Waals surface area contributed by atoms with E-state index in [0.29, 0.717) is 29.3 Å². The number of nitrogens with zero attached hydrogens (tertiary/aromatic N) is 1. The van der Waals surface area contributed by atoms with Crippen LogP contribution in [-0.4, -0.2) is 36.8 Å². The molecule has 0 atom stereocenters. The van der Waals surface area contributed by atoms with Gasteiger partial charge in [-0.1, -0.05) is 11.6 Å². The van der Waals surface area contributed by atoms with Crippen molar-refractivity contribution in [3.8, 4) is 5.75 Å². The highest BCUT2D eigenvalue weighted by Gasteiger charge is 2.26. The van der Waals surface area contributed by atoms with Crippen molar-refractivity contribution in [3.63, 3.8) is 0 Å². The molecule has 0 aliphatic carbocycles. The Morgan fingerprint density at radius 3 is 2.82 bits per heavy atom. The van der Waals surface area contributed by atoms with E-state index in [9.17, 15) is 9.59 Å². The number of ketones is 1. The first-order valence-corrected chi connectivity index (χ1v) is 5.64. The molecule has 0 unspecified atom stereocenters. The zero-order valence-corrected chi connectivity index (χ0v) is 10.2. The van der Waals surface area contributed by atoms with Crippen LogP contribution in [0.15, 0.2) is 18.2 Å². The number of carbonyl (C=O) groups is 2. The Morgan fingerprint density at radius 1 is 1.47 bits per heavy atom. The first kappa shape index (κ1) is 11.9. The van der Waals surface area contributed by atoms with Crippen LogP contribution in [0.1, 0.15) is 16.8 Å². The van der Waals surface area contributed by atoms with Gasteiger partial charge in [-0.25, -0.2) is 0 Å². The molecular weight excluding hydrogens is 242 g/mol. The molecular formula is C12H12ClNO3. The second kappa shape index (κ2) is 4.75. The van der Waals surface area contributed by atoms with E-state index in [4.69, 9.17) is 16.3 Å². The number of likely N-dealkylation sites (tertiary alicyclic amines) is 1. The monoisotopic (exact) mass is 253 g/mol. The minimum Gasteiger partial charge on any atom is -0.496 e. The Labute approximate surface area is 104 Å². The average Bonchev–Trinajstić information content (AvgIpc) is 2.75. The number of carbonyl (C=O) groups excluding carboxylic acids is 2. The molecule has 1 aromatic rings. The van der Waals surface area contributed by atoms with E-state index in [0.717, 1.165) is 0 Å². The fourth-order valence-corrected chi connectivity index (χ4v) is 1.99. The Kier molecular flexibility index (Phi) is 3.33. The molecule has 17 heavy (non-hydrogen) atoms. The number of hydrogen-bond donors (Lipinski definition) is 0. The zero-order valence-electron chi connectivity index (χ0n) is 9.40. The highest BCUT2D eigenvalue weighted by atomic mass is 35.5. The van der Waals surface area contributed by atoms with Crippen LogP contribution < -0.4 is 4.74 Å². The summed E-state index contributed by atoms with van der Waals surface area (Å²) in [4.78, 5) is 24.8. The Morgan fingerprint density at radius 2 is 2.24 bits per heavy atom. The van der Waals surface area contributed by atoms with Gasteiger partial charge in [0.05, 0.1) is 19.2 Å². The molecule has 1 aliphatic heterocycles. The number of benzene rings is 1. The van der Waals surface area contributed by atoms with Gasteiger partial charge in [0.25, 0.3) is 5.91 Å². The fraction of sp³-hybridized carbons (Fsp3) is 0.333. The van der Waals surface area contributed by atoms with Gasteiger partial charge in [-0.2, -0.15) is 0 Å². The minimum absolute atomic E-state index is 0.0827. The number of amides is 1.